The quantitative estimate of drug-likeness (QED) is 0.145. The third kappa shape index (κ3) is 197. The summed E-state index contributed by atoms with van der Waals surface area (Å²) in [4.78, 5) is 37.0. The number of rotatable bonds is 5. The number of aliphatic carboxylic acids is 4. The summed E-state index contributed by atoms with van der Waals surface area (Å²) in [5.41, 5.74) is 28.5. The van der Waals surface area contributed by atoms with Gasteiger partial charge in [-0.3, -0.25) is 19.2 Å². The van der Waals surface area contributed by atoms with Crippen LogP contribution in [0.15, 0.2) is 0 Å². The molecule has 16 N–H and O–H groups in total. The summed E-state index contributed by atoms with van der Waals surface area (Å²) in [5.74, 6) is -3.87. The zero-order valence-corrected chi connectivity index (χ0v) is 22.5. The molecule has 0 heterocycles. The second kappa shape index (κ2) is 50.8. The molecule has 0 spiro atoms. The monoisotopic (exact) mass is 694 g/mol. The summed E-state index contributed by atoms with van der Waals surface area (Å²) < 4.78 is 0. The fourth-order valence-corrected chi connectivity index (χ4v) is 0. The normalized spacial score (nSPS) is 7.69. The first-order valence-electron chi connectivity index (χ1n) is 6.49. The number of carboxylic acids is 4. The van der Waals surface area contributed by atoms with Crippen LogP contribution in [0, 0.1) is 0 Å². The molecule has 184 valence electrons. The van der Waals surface area contributed by atoms with Gasteiger partial charge in [0.05, 0.1) is 26.2 Å². The number of nitrogens with two attached hydrogens (primary N) is 6. The van der Waals surface area contributed by atoms with Crippen LogP contribution >= 0.6 is 67.9 Å². The van der Waals surface area contributed by atoms with E-state index in [9.17, 15) is 19.2 Å². The highest BCUT2D eigenvalue weighted by atomic mass is 79.9. The standard InChI is InChI=1S/C3H10N2.4C2H5NO2.4BrH/c1-3(5)2-4;4*3-1-2(4)5;;;;/h3H,2,4-5H2,1H3;4*1,3H2,(H,4,5);4*1H. The molecule has 0 aliphatic carbocycles. The van der Waals surface area contributed by atoms with E-state index < -0.39 is 23.9 Å². The molecule has 0 aliphatic rings. The molecule has 0 aromatic rings. The molecule has 0 rings (SSSR count). The van der Waals surface area contributed by atoms with Gasteiger partial charge in [0.25, 0.3) is 0 Å². The minimum Gasteiger partial charge on any atom is -0.480 e. The van der Waals surface area contributed by atoms with E-state index in [4.69, 9.17) is 31.9 Å². The zero-order chi connectivity index (χ0) is 21.4. The van der Waals surface area contributed by atoms with Crippen LogP contribution in [0.3, 0.4) is 0 Å². The molecule has 0 aliphatic heterocycles. The van der Waals surface area contributed by atoms with Crippen molar-refractivity contribution in [2.45, 2.75) is 13.0 Å². The van der Waals surface area contributed by atoms with Crippen LogP contribution in [0.4, 0.5) is 0 Å². The third-order valence-corrected chi connectivity index (χ3v) is 1.07. The summed E-state index contributed by atoms with van der Waals surface area (Å²) in [6.45, 7) is 1.35. The van der Waals surface area contributed by atoms with Crippen LogP contribution in [0.5, 0.6) is 0 Å². The molecule has 0 saturated heterocycles. The molecule has 0 bridgehead atoms. The predicted molar refractivity (Wildman–Crippen MR) is 131 cm³/mol. The fourth-order valence-electron chi connectivity index (χ4n) is 0. The summed E-state index contributed by atoms with van der Waals surface area (Å²) >= 11 is 0. The SMILES string of the molecule is Br.Br.Br.Br.CC(N)CN.NCC(=O)O.NCC(=O)O.NCC(=O)O.NCC(=O)O. The van der Waals surface area contributed by atoms with E-state index in [2.05, 4.69) is 22.9 Å². The van der Waals surface area contributed by atoms with E-state index in [-0.39, 0.29) is 100 Å². The fraction of sp³-hybridized carbons (Fsp3) is 0.636. The maximum absolute atomic E-state index is 9.24. The van der Waals surface area contributed by atoms with Crippen molar-refractivity contribution < 1.29 is 39.6 Å². The number of carboxylic acid groups (broad SMARTS) is 4. The van der Waals surface area contributed by atoms with Gasteiger partial charge in [0.2, 0.25) is 0 Å². The summed E-state index contributed by atoms with van der Waals surface area (Å²) in [5, 5.41) is 30.4. The van der Waals surface area contributed by atoms with E-state index in [1.807, 2.05) is 6.92 Å². The number of carbonyl (C=O) groups is 4. The van der Waals surface area contributed by atoms with Gasteiger partial charge in [0.15, 0.2) is 0 Å². The van der Waals surface area contributed by atoms with Crippen molar-refractivity contribution in [2.24, 2.45) is 34.4 Å². The van der Waals surface area contributed by atoms with Crippen LogP contribution in [-0.2, 0) is 19.2 Å². The van der Waals surface area contributed by atoms with Gasteiger partial charge in [0.1, 0.15) is 0 Å². The molecule has 0 aromatic carbocycles. The zero-order valence-electron chi connectivity index (χ0n) is 15.6. The Labute approximate surface area is 210 Å². The molecule has 0 fully saturated rings. The topological polar surface area (TPSA) is 305 Å². The Kier molecular flexibility index (Phi) is 99.4. The Bertz CT molecular complexity index is 301. The first kappa shape index (κ1) is 56.7. The van der Waals surface area contributed by atoms with Crippen molar-refractivity contribution in [3.05, 3.63) is 0 Å². The second-order valence-electron chi connectivity index (χ2n) is 3.60. The van der Waals surface area contributed by atoms with Gasteiger partial charge in [-0.2, -0.15) is 0 Å². The molecule has 0 amide bonds. The minimum atomic E-state index is -0.968. The summed E-state index contributed by atoms with van der Waals surface area (Å²) in [7, 11) is 0. The molecule has 0 aromatic heterocycles. The third-order valence-electron chi connectivity index (χ3n) is 1.07. The van der Waals surface area contributed by atoms with E-state index in [1.54, 1.807) is 0 Å². The predicted octanol–water partition coefficient (Wildman–Crippen LogP) is -2.28. The van der Waals surface area contributed by atoms with Gasteiger partial charge in [-0.15, -0.1) is 67.9 Å². The summed E-state index contributed by atoms with van der Waals surface area (Å²) in [6, 6.07) is 0.162. The Hall–Kier alpha value is -0.440. The lowest BCUT2D eigenvalue weighted by molar-refractivity contribution is -0.136. The average Bonchev–Trinajstić information content (AvgIpc) is 2.56. The van der Waals surface area contributed by atoms with Crippen LogP contribution in [0.1, 0.15) is 6.92 Å². The molecule has 1 atom stereocenters. The van der Waals surface area contributed by atoms with Gasteiger partial charge in [0, 0.05) is 12.6 Å². The van der Waals surface area contributed by atoms with E-state index in [0.29, 0.717) is 6.54 Å². The van der Waals surface area contributed by atoms with Crippen LogP contribution in [0.2, 0.25) is 0 Å². The van der Waals surface area contributed by atoms with Gasteiger partial charge >= 0.3 is 23.9 Å². The molecule has 14 nitrogen and oxygen atoms in total. The Morgan fingerprint density at radius 1 is 0.586 bits per heavy atom. The minimum absolute atomic E-state index is 0. The van der Waals surface area contributed by atoms with Crippen molar-refractivity contribution in [3.63, 3.8) is 0 Å². The van der Waals surface area contributed by atoms with Gasteiger partial charge in [-0.25, -0.2) is 0 Å². The molecule has 18 heteroatoms. The first-order chi connectivity index (χ1) is 11.4. The molecule has 0 radical (unpaired) electrons. The van der Waals surface area contributed by atoms with E-state index >= 15 is 0 Å². The van der Waals surface area contributed by atoms with Gasteiger partial charge in [-0.1, -0.05) is 0 Å². The smallest absolute Gasteiger partial charge is 0.317 e. The Morgan fingerprint density at radius 2 is 0.655 bits per heavy atom. The Morgan fingerprint density at radius 3 is 0.655 bits per heavy atom. The largest absolute Gasteiger partial charge is 0.480 e. The molecule has 0 saturated carbocycles. The molecular formula is C11H34Br4N6O8. The van der Waals surface area contributed by atoms with Crippen LogP contribution < -0.4 is 34.4 Å². The van der Waals surface area contributed by atoms with E-state index in [1.165, 1.54) is 0 Å². The molecule has 29 heavy (non-hydrogen) atoms. The van der Waals surface area contributed by atoms with Crippen LogP contribution in [-0.4, -0.2) is 83.1 Å². The van der Waals surface area contributed by atoms with Gasteiger partial charge in [-0.05, 0) is 6.92 Å². The number of hydrogen-bond donors (Lipinski definition) is 10. The van der Waals surface area contributed by atoms with Gasteiger partial charge < -0.3 is 54.8 Å². The Balaban J connectivity index is -0.0000000238. The molecule has 1 unspecified atom stereocenters. The lowest BCUT2D eigenvalue weighted by Gasteiger charge is -1.92. The van der Waals surface area contributed by atoms with Crippen molar-refractivity contribution in [1.29, 1.82) is 0 Å². The van der Waals surface area contributed by atoms with Crippen molar-refractivity contribution in [1.82, 2.24) is 0 Å². The van der Waals surface area contributed by atoms with Crippen molar-refractivity contribution >= 4 is 91.8 Å². The highest BCUT2D eigenvalue weighted by Gasteiger charge is 1.82. The van der Waals surface area contributed by atoms with Crippen molar-refractivity contribution in [2.75, 3.05) is 32.7 Å². The maximum Gasteiger partial charge on any atom is 0.317 e. The first-order valence-corrected chi connectivity index (χ1v) is 6.49. The van der Waals surface area contributed by atoms with E-state index in [0.717, 1.165) is 0 Å². The average molecular weight is 698 g/mol. The highest BCUT2D eigenvalue weighted by molar-refractivity contribution is 8.93. The molecular weight excluding hydrogens is 664 g/mol. The number of halogens is 4. The second-order valence-corrected chi connectivity index (χ2v) is 3.60. The lowest BCUT2D eigenvalue weighted by atomic mass is 10.4. The van der Waals surface area contributed by atoms with Crippen molar-refractivity contribution in [3.8, 4) is 0 Å². The lowest BCUT2D eigenvalue weighted by Crippen LogP contribution is -2.25. The summed E-state index contributed by atoms with van der Waals surface area (Å²) in [6.07, 6.45) is 0. The van der Waals surface area contributed by atoms with Crippen LogP contribution in [0.25, 0.3) is 0 Å². The number of hydrogen-bond acceptors (Lipinski definition) is 10. The maximum atomic E-state index is 9.24. The highest BCUT2D eigenvalue weighted by Crippen LogP contribution is 1.59.